The summed E-state index contributed by atoms with van der Waals surface area (Å²) in [6, 6.07) is 7.00. The van der Waals surface area contributed by atoms with Crippen molar-refractivity contribution < 1.29 is 9.59 Å². The van der Waals surface area contributed by atoms with Crippen molar-refractivity contribution in [3.63, 3.8) is 0 Å². The van der Waals surface area contributed by atoms with Gasteiger partial charge in [0.15, 0.2) is 5.78 Å². The standard InChI is InChI=1S/C17H18BrN3O2S/c1-21-8-5-11(6-9-21)15(22)13-3-2-4-14(19-13)20-17(23)16-12(18)7-10-24-16/h2-4,7,10-11H,5-6,8-9H2,1H3,(H,19,20,23). The largest absolute Gasteiger partial charge is 0.306 e. The lowest BCUT2D eigenvalue weighted by molar-refractivity contribution is 0.0851. The topological polar surface area (TPSA) is 62.3 Å². The SMILES string of the molecule is CN1CCC(C(=O)c2cccc(NC(=O)c3sccc3Br)n2)CC1. The molecular weight excluding hydrogens is 390 g/mol. The molecule has 3 heterocycles. The number of nitrogens with one attached hydrogen (secondary N) is 1. The van der Waals surface area contributed by atoms with Crippen molar-refractivity contribution in [2.75, 3.05) is 25.5 Å². The molecule has 24 heavy (non-hydrogen) atoms. The molecule has 3 rings (SSSR count). The first-order chi connectivity index (χ1) is 11.5. The van der Waals surface area contributed by atoms with Gasteiger partial charge in [-0.05, 0) is 72.5 Å². The van der Waals surface area contributed by atoms with Gasteiger partial charge >= 0.3 is 0 Å². The van der Waals surface area contributed by atoms with Crippen LogP contribution in [0.25, 0.3) is 0 Å². The third-order valence-corrected chi connectivity index (χ3v) is 5.99. The first kappa shape index (κ1) is 17.3. The van der Waals surface area contributed by atoms with Crippen LogP contribution in [0.5, 0.6) is 0 Å². The summed E-state index contributed by atoms with van der Waals surface area (Å²) in [5.41, 5.74) is 0.424. The van der Waals surface area contributed by atoms with E-state index in [1.165, 1.54) is 11.3 Å². The van der Waals surface area contributed by atoms with Gasteiger partial charge in [-0.3, -0.25) is 9.59 Å². The number of carbonyl (C=O) groups is 2. The van der Waals surface area contributed by atoms with E-state index in [2.05, 4.69) is 38.2 Å². The molecule has 5 nitrogen and oxygen atoms in total. The average molecular weight is 408 g/mol. The van der Waals surface area contributed by atoms with E-state index < -0.39 is 0 Å². The van der Waals surface area contributed by atoms with Crippen LogP contribution in [0.3, 0.4) is 0 Å². The van der Waals surface area contributed by atoms with Crippen LogP contribution < -0.4 is 5.32 Å². The van der Waals surface area contributed by atoms with Crippen LogP contribution in [0.2, 0.25) is 0 Å². The Bertz CT molecular complexity index is 754. The second-order valence-electron chi connectivity index (χ2n) is 5.90. The van der Waals surface area contributed by atoms with Crippen molar-refractivity contribution in [3.8, 4) is 0 Å². The maximum absolute atomic E-state index is 12.6. The fraction of sp³-hybridized carbons (Fsp3) is 0.353. The van der Waals surface area contributed by atoms with Gasteiger partial charge in [0, 0.05) is 10.4 Å². The zero-order chi connectivity index (χ0) is 17.1. The van der Waals surface area contributed by atoms with Crippen LogP contribution in [0.4, 0.5) is 5.82 Å². The number of piperidine rings is 1. The number of hydrogen-bond donors (Lipinski definition) is 1. The minimum atomic E-state index is -0.228. The first-order valence-corrected chi connectivity index (χ1v) is 9.46. The molecule has 0 aromatic carbocycles. The van der Waals surface area contributed by atoms with Gasteiger partial charge < -0.3 is 10.2 Å². The Morgan fingerprint density at radius 3 is 2.71 bits per heavy atom. The Kier molecular flexibility index (Phi) is 5.43. The Labute approximate surface area is 153 Å². The molecule has 0 bridgehead atoms. The van der Waals surface area contributed by atoms with E-state index in [1.807, 2.05) is 11.4 Å². The van der Waals surface area contributed by atoms with Crippen molar-refractivity contribution >= 4 is 44.8 Å². The van der Waals surface area contributed by atoms with E-state index >= 15 is 0 Å². The molecule has 7 heteroatoms. The number of hydrogen-bond acceptors (Lipinski definition) is 5. The van der Waals surface area contributed by atoms with Gasteiger partial charge in [-0.1, -0.05) is 6.07 Å². The highest BCUT2D eigenvalue weighted by molar-refractivity contribution is 9.10. The molecule has 0 saturated carbocycles. The molecule has 1 saturated heterocycles. The van der Waals surface area contributed by atoms with E-state index in [1.54, 1.807) is 18.2 Å². The normalized spacial score (nSPS) is 16.1. The molecule has 0 unspecified atom stereocenters. The van der Waals surface area contributed by atoms with E-state index in [9.17, 15) is 9.59 Å². The van der Waals surface area contributed by atoms with Gasteiger partial charge in [-0.15, -0.1) is 11.3 Å². The summed E-state index contributed by atoms with van der Waals surface area (Å²) in [6.45, 7) is 1.86. The minimum Gasteiger partial charge on any atom is -0.306 e. The summed E-state index contributed by atoms with van der Waals surface area (Å²) in [4.78, 5) is 32.0. The fourth-order valence-corrected chi connectivity index (χ4v) is 4.20. The number of ketones is 1. The maximum atomic E-state index is 12.6. The maximum Gasteiger partial charge on any atom is 0.268 e. The summed E-state index contributed by atoms with van der Waals surface area (Å²) in [5, 5.41) is 4.60. The van der Waals surface area contributed by atoms with Crippen molar-refractivity contribution in [3.05, 3.63) is 44.7 Å². The summed E-state index contributed by atoms with van der Waals surface area (Å²) < 4.78 is 0.753. The van der Waals surface area contributed by atoms with Crippen molar-refractivity contribution in [1.29, 1.82) is 0 Å². The molecule has 1 aliphatic rings. The second kappa shape index (κ2) is 7.55. The molecule has 0 spiro atoms. The number of amides is 1. The van der Waals surface area contributed by atoms with Crippen LogP contribution in [-0.4, -0.2) is 41.7 Å². The van der Waals surface area contributed by atoms with Gasteiger partial charge in [0.2, 0.25) is 0 Å². The number of carbonyl (C=O) groups excluding carboxylic acids is 2. The van der Waals surface area contributed by atoms with Crippen LogP contribution in [0.1, 0.15) is 33.0 Å². The second-order valence-corrected chi connectivity index (χ2v) is 7.67. The van der Waals surface area contributed by atoms with Gasteiger partial charge in [-0.2, -0.15) is 0 Å². The Morgan fingerprint density at radius 1 is 1.29 bits per heavy atom. The third-order valence-electron chi connectivity index (χ3n) is 4.16. The van der Waals surface area contributed by atoms with Gasteiger partial charge in [0.05, 0.1) is 0 Å². The van der Waals surface area contributed by atoms with Crippen LogP contribution in [0, 0.1) is 5.92 Å². The Hall–Kier alpha value is -1.57. The Balaban J connectivity index is 1.71. The number of likely N-dealkylation sites (tertiary alicyclic amines) is 1. The number of Topliss-reactive ketones (excluding diaryl/α,β-unsaturated/α-hetero) is 1. The number of nitrogens with zero attached hydrogens (tertiary/aromatic N) is 2. The van der Waals surface area contributed by atoms with Crippen molar-refractivity contribution in [2.24, 2.45) is 5.92 Å². The van der Waals surface area contributed by atoms with E-state index in [-0.39, 0.29) is 17.6 Å². The number of pyridine rings is 1. The molecule has 2 aromatic rings. The third kappa shape index (κ3) is 3.91. The summed E-state index contributed by atoms with van der Waals surface area (Å²) >= 11 is 4.70. The number of aromatic nitrogens is 1. The zero-order valence-corrected chi connectivity index (χ0v) is 15.7. The summed E-state index contributed by atoms with van der Waals surface area (Å²) in [7, 11) is 2.07. The smallest absolute Gasteiger partial charge is 0.268 e. The summed E-state index contributed by atoms with van der Waals surface area (Å²) in [5.74, 6) is 0.259. The highest BCUT2D eigenvalue weighted by Crippen LogP contribution is 2.24. The molecule has 1 N–H and O–H groups in total. The molecule has 1 fully saturated rings. The lowest BCUT2D eigenvalue weighted by Crippen LogP contribution is -2.33. The molecule has 0 atom stereocenters. The van der Waals surface area contributed by atoms with Crippen LogP contribution in [-0.2, 0) is 0 Å². The van der Waals surface area contributed by atoms with E-state index in [0.717, 1.165) is 30.4 Å². The van der Waals surface area contributed by atoms with Gasteiger partial charge in [0.25, 0.3) is 5.91 Å². The first-order valence-electron chi connectivity index (χ1n) is 7.79. The van der Waals surface area contributed by atoms with Crippen molar-refractivity contribution in [2.45, 2.75) is 12.8 Å². The summed E-state index contributed by atoms with van der Waals surface area (Å²) in [6.07, 6.45) is 1.71. The van der Waals surface area contributed by atoms with Crippen LogP contribution >= 0.6 is 27.3 Å². The quantitative estimate of drug-likeness (QED) is 0.785. The molecule has 0 aliphatic carbocycles. The van der Waals surface area contributed by atoms with Gasteiger partial charge in [0.1, 0.15) is 16.4 Å². The van der Waals surface area contributed by atoms with E-state index in [4.69, 9.17) is 0 Å². The number of thiophene rings is 1. The predicted octanol–water partition coefficient (Wildman–Crippen LogP) is 3.68. The highest BCUT2D eigenvalue weighted by Gasteiger charge is 2.25. The monoisotopic (exact) mass is 407 g/mol. The lowest BCUT2D eigenvalue weighted by atomic mass is 9.91. The lowest BCUT2D eigenvalue weighted by Gasteiger charge is -2.27. The van der Waals surface area contributed by atoms with E-state index in [0.29, 0.717) is 16.4 Å². The molecular formula is C17H18BrN3O2S. The molecule has 2 aromatic heterocycles. The Morgan fingerprint density at radius 2 is 2.04 bits per heavy atom. The molecule has 1 amide bonds. The molecule has 1 aliphatic heterocycles. The zero-order valence-electron chi connectivity index (χ0n) is 13.3. The predicted molar refractivity (Wildman–Crippen MR) is 98.8 cm³/mol. The molecule has 126 valence electrons. The number of anilines is 1. The number of halogens is 1. The minimum absolute atomic E-state index is 0.0195. The van der Waals surface area contributed by atoms with Gasteiger partial charge in [-0.25, -0.2) is 4.98 Å². The number of rotatable bonds is 4. The van der Waals surface area contributed by atoms with Crippen molar-refractivity contribution in [1.82, 2.24) is 9.88 Å². The van der Waals surface area contributed by atoms with Crippen LogP contribution in [0.15, 0.2) is 34.1 Å². The fourth-order valence-electron chi connectivity index (χ4n) is 2.75. The molecule has 0 radical (unpaired) electrons. The highest BCUT2D eigenvalue weighted by atomic mass is 79.9. The average Bonchev–Trinajstić information content (AvgIpc) is 3.01.